The molecule has 0 atom stereocenters. The molecule has 9 heteroatoms. The summed E-state index contributed by atoms with van der Waals surface area (Å²) in [5.41, 5.74) is 0. The Labute approximate surface area is 132 Å². The summed E-state index contributed by atoms with van der Waals surface area (Å²) in [4.78, 5) is 0. The average Bonchev–Trinajstić information content (AvgIpc) is 2.45. The molecule has 0 saturated heterocycles. The lowest BCUT2D eigenvalue weighted by molar-refractivity contribution is -0.00792. The largest absolute Gasteiger partial charge is 0.382 e. The van der Waals surface area contributed by atoms with Gasteiger partial charge in [-0.1, -0.05) is 0 Å². The van der Waals surface area contributed by atoms with Gasteiger partial charge in [0.05, 0.1) is 58.6 Å². The van der Waals surface area contributed by atoms with Crippen LogP contribution < -0.4 is 0 Å². The van der Waals surface area contributed by atoms with Crippen molar-refractivity contribution in [2.24, 2.45) is 0 Å². The normalized spacial score (nSPS) is 11.9. The maximum Gasteiger partial charge on any atom is 0.264 e. The molecule has 0 amide bonds. The maximum atomic E-state index is 10.4. The number of rotatable bonds is 17. The standard InChI is InChI=1S/C13H28O8S/c1-17-5-6-19-9-10-21-12-11-20-8-7-18-4-2-3-13-22(14,15)16/h2-13H2,1H3,(H,14,15,16). The van der Waals surface area contributed by atoms with Gasteiger partial charge >= 0.3 is 0 Å². The van der Waals surface area contributed by atoms with Crippen LogP contribution in [0.2, 0.25) is 0 Å². The summed E-state index contributed by atoms with van der Waals surface area (Å²) in [5.74, 6) is -0.223. The molecule has 0 aromatic rings. The molecule has 22 heavy (non-hydrogen) atoms. The molecule has 0 rings (SSSR count). The fraction of sp³-hybridized carbons (Fsp3) is 1.00. The quantitative estimate of drug-likeness (QED) is 0.298. The summed E-state index contributed by atoms with van der Waals surface area (Å²) in [5, 5.41) is 0. The van der Waals surface area contributed by atoms with Gasteiger partial charge in [-0.3, -0.25) is 4.55 Å². The highest BCUT2D eigenvalue weighted by Crippen LogP contribution is 1.94. The van der Waals surface area contributed by atoms with E-state index in [9.17, 15) is 8.42 Å². The second-order valence-corrected chi connectivity index (χ2v) is 6.01. The summed E-state index contributed by atoms with van der Waals surface area (Å²) in [6, 6.07) is 0. The van der Waals surface area contributed by atoms with E-state index in [1.807, 2.05) is 0 Å². The summed E-state index contributed by atoms with van der Waals surface area (Å²) in [7, 11) is -2.23. The predicted octanol–water partition coefficient (Wildman–Crippen LogP) is 0.367. The molecule has 0 aliphatic carbocycles. The molecule has 0 fully saturated rings. The topological polar surface area (TPSA) is 101 Å². The van der Waals surface area contributed by atoms with Gasteiger partial charge in [0.1, 0.15) is 0 Å². The minimum Gasteiger partial charge on any atom is -0.382 e. The van der Waals surface area contributed by atoms with Crippen molar-refractivity contribution < 1.29 is 36.7 Å². The zero-order valence-corrected chi connectivity index (χ0v) is 14.0. The van der Waals surface area contributed by atoms with Crippen LogP contribution in [0.5, 0.6) is 0 Å². The molecule has 0 aliphatic rings. The molecule has 0 radical (unpaired) electrons. The van der Waals surface area contributed by atoms with E-state index in [1.54, 1.807) is 7.11 Å². The Morgan fingerprint density at radius 2 is 1.09 bits per heavy atom. The van der Waals surface area contributed by atoms with Gasteiger partial charge in [0.2, 0.25) is 0 Å². The van der Waals surface area contributed by atoms with Crippen LogP contribution in [0.3, 0.4) is 0 Å². The SMILES string of the molecule is COCCOCCOCCOCCOCCCCS(=O)(=O)O. The van der Waals surface area contributed by atoms with Crippen molar-refractivity contribution in [1.82, 2.24) is 0 Å². The highest BCUT2D eigenvalue weighted by molar-refractivity contribution is 7.85. The third-order valence-corrected chi connectivity index (χ3v) is 3.29. The smallest absolute Gasteiger partial charge is 0.264 e. The summed E-state index contributed by atoms with van der Waals surface area (Å²) in [6.07, 6.45) is 0.978. The molecule has 0 aromatic heterocycles. The van der Waals surface area contributed by atoms with Gasteiger partial charge in [-0.05, 0) is 12.8 Å². The Morgan fingerprint density at radius 3 is 1.50 bits per heavy atom. The van der Waals surface area contributed by atoms with Crippen molar-refractivity contribution in [3.05, 3.63) is 0 Å². The van der Waals surface area contributed by atoms with Crippen LogP contribution in [-0.2, 0) is 33.8 Å². The van der Waals surface area contributed by atoms with E-state index >= 15 is 0 Å². The van der Waals surface area contributed by atoms with Crippen molar-refractivity contribution in [3.8, 4) is 0 Å². The second-order valence-electron chi connectivity index (χ2n) is 4.44. The van der Waals surface area contributed by atoms with E-state index in [4.69, 9.17) is 28.2 Å². The van der Waals surface area contributed by atoms with Gasteiger partial charge in [-0.25, -0.2) is 0 Å². The van der Waals surface area contributed by atoms with E-state index in [2.05, 4.69) is 0 Å². The van der Waals surface area contributed by atoms with Crippen molar-refractivity contribution in [2.45, 2.75) is 12.8 Å². The van der Waals surface area contributed by atoms with Crippen LogP contribution in [0.25, 0.3) is 0 Å². The third kappa shape index (κ3) is 19.7. The molecule has 8 nitrogen and oxygen atoms in total. The molecule has 0 aromatic carbocycles. The van der Waals surface area contributed by atoms with Crippen molar-refractivity contribution in [1.29, 1.82) is 0 Å². The monoisotopic (exact) mass is 344 g/mol. The summed E-state index contributed by atoms with van der Waals surface area (Å²) >= 11 is 0. The Hall–Kier alpha value is -0.290. The Kier molecular flexibility index (Phi) is 15.4. The molecule has 0 heterocycles. The Balaban J connectivity index is 3.03. The summed E-state index contributed by atoms with van der Waals surface area (Å²) < 4.78 is 55.3. The van der Waals surface area contributed by atoms with E-state index < -0.39 is 10.1 Å². The Morgan fingerprint density at radius 1 is 0.682 bits per heavy atom. The lowest BCUT2D eigenvalue weighted by atomic mass is 10.4. The molecular weight excluding hydrogens is 316 g/mol. The number of ether oxygens (including phenoxy) is 5. The van der Waals surface area contributed by atoms with Gasteiger partial charge in [-0.15, -0.1) is 0 Å². The van der Waals surface area contributed by atoms with Crippen LogP contribution in [0, 0.1) is 0 Å². The van der Waals surface area contributed by atoms with Crippen LogP contribution in [0.4, 0.5) is 0 Å². The van der Waals surface area contributed by atoms with Crippen LogP contribution in [0.15, 0.2) is 0 Å². The van der Waals surface area contributed by atoms with Gasteiger partial charge in [0, 0.05) is 13.7 Å². The fourth-order valence-electron chi connectivity index (χ4n) is 1.39. The minimum atomic E-state index is -3.85. The van der Waals surface area contributed by atoms with E-state index in [0.29, 0.717) is 72.3 Å². The number of hydrogen-bond donors (Lipinski definition) is 1. The van der Waals surface area contributed by atoms with Crippen molar-refractivity contribution in [2.75, 3.05) is 72.3 Å². The lowest BCUT2D eigenvalue weighted by Crippen LogP contribution is -2.13. The molecule has 0 bridgehead atoms. The first-order valence-electron chi connectivity index (χ1n) is 7.31. The minimum absolute atomic E-state index is 0.223. The molecule has 0 unspecified atom stereocenters. The maximum absolute atomic E-state index is 10.4. The fourth-order valence-corrected chi connectivity index (χ4v) is 1.96. The number of hydrogen-bond acceptors (Lipinski definition) is 7. The number of unbranched alkanes of at least 4 members (excludes halogenated alkanes) is 1. The van der Waals surface area contributed by atoms with Crippen LogP contribution >= 0.6 is 0 Å². The Bertz CT molecular complexity index is 320. The third-order valence-electron chi connectivity index (χ3n) is 2.49. The van der Waals surface area contributed by atoms with Crippen molar-refractivity contribution in [3.63, 3.8) is 0 Å². The average molecular weight is 344 g/mol. The van der Waals surface area contributed by atoms with Gasteiger partial charge in [-0.2, -0.15) is 8.42 Å². The zero-order chi connectivity index (χ0) is 16.5. The first-order chi connectivity index (χ1) is 10.6. The van der Waals surface area contributed by atoms with Gasteiger partial charge in [0.15, 0.2) is 0 Å². The van der Waals surface area contributed by atoms with Gasteiger partial charge < -0.3 is 23.7 Å². The van der Waals surface area contributed by atoms with Crippen LogP contribution in [-0.4, -0.2) is 85.3 Å². The molecule has 1 N–H and O–H groups in total. The highest BCUT2D eigenvalue weighted by Gasteiger charge is 2.02. The highest BCUT2D eigenvalue weighted by atomic mass is 32.2. The zero-order valence-electron chi connectivity index (χ0n) is 13.2. The van der Waals surface area contributed by atoms with E-state index in [0.717, 1.165) is 0 Å². The molecule has 134 valence electrons. The van der Waals surface area contributed by atoms with E-state index in [-0.39, 0.29) is 5.75 Å². The van der Waals surface area contributed by atoms with Crippen LogP contribution in [0.1, 0.15) is 12.8 Å². The van der Waals surface area contributed by atoms with Gasteiger partial charge in [0.25, 0.3) is 10.1 Å². The number of methoxy groups -OCH3 is 1. The lowest BCUT2D eigenvalue weighted by Gasteiger charge is -2.07. The van der Waals surface area contributed by atoms with E-state index in [1.165, 1.54) is 0 Å². The molecule has 0 aliphatic heterocycles. The first kappa shape index (κ1) is 21.7. The first-order valence-corrected chi connectivity index (χ1v) is 8.92. The summed E-state index contributed by atoms with van der Waals surface area (Å²) in [6.45, 7) is 4.57. The molecule has 0 saturated carbocycles. The predicted molar refractivity (Wildman–Crippen MR) is 80.8 cm³/mol. The second kappa shape index (κ2) is 15.6. The molecule has 0 spiro atoms. The molecular formula is C13H28O8S. The van der Waals surface area contributed by atoms with Crippen molar-refractivity contribution >= 4 is 10.1 Å².